The van der Waals surface area contributed by atoms with Gasteiger partial charge in [-0.1, -0.05) is 6.07 Å². The van der Waals surface area contributed by atoms with Gasteiger partial charge < -0.3 is 9.73 Å². The predicted octanol–water partition coefficient (Wildman–Crippen LogP) is 2.29. The lowest BCUT2D eigenvalue weighted by atomic mass is 10.0. The summed E-state index contributed by atoms with van der Waals surface area (Å²) in [5.41, 5.74) is 3.58. The molecular weight excluding hydrogens is 200 g/mol. The molecule has 0 saturated carbocycles. The molecule has 82 valence electrons. The normalized spacial score (nSPS) is 15.2. The molecule has 0 aliphatic carbocycles. The number of nitrogens with zero attached hydrogens (tertiary/aromatic N) is 1. The van der Waals surface area contributed by atoms with Crippen LogP contribution in [-0.2, 0) is 6.42 Å². The Balaban J connectivity index is 1.99. The summed E-state index contributed by atoms with van der Waals surface area (Å²) in [6.07, 6.45) is 2.64. The number of hydrogen-bond donors (Lipinski definition) is 1. The van der Waals surface area contributed by atoms with Crippen LogP contribution < -0.4 is 5.32 Å². The van der Waals surface area contributed by atoms with Crippen molar-refractivity contribution in [1.29, 1.82) is 0 Å². The zero-order valence-electron chi connectivity index (χ0n) is 9.29. The Morgan fingerprint density at radius 2 is 2.31 bits per heavy atom. The third-order valence-electron chi connectivity index (χ3n) is 3.12. The first-order chi connectivity index (χ1) is 7.84. The molecule has 0 amide bonds. The Bertz CT molecular complexity index is 554. The van der Waals surface area contributed by atoms with Gasteiger partial charge in [0, 0.05) is 18.4 Å². The molecule has 0 spiro atoms. The second-order valence-corrected chi connectivity index (χ2v) is 4.11. The van der Waals surface area contributed by atoms with Gasteiger partial charge in [-0.3, -0.25) is 4.99 Å². The van der Waals surface area contributed by atoms with Gasteiger partial charge in [-0.25, -0.2) is 0 Å². The van der Waals surface area contributed by atoms with Crippen LogP contribution in [0.15, 0.2) is 33.9 Å². The van der Waals surface area contributed by atoms with Crippen molar-refractivity contribution >= 4 is 16.8 Å². The van der Waals surface area contributed by atoms with E-state index >= 15 is 0 Å². The SMILES string of the molecule is Cc1c(CC2=NCCN2)ccc2occc12. The second kappa shape index (κ2) is 3.67. The van der Waals surface area contributed by atoms with Crippen LogP contribution in [0.25, 0.3) is 11.0 Å². The van der Waals surface area contributed by atoms with Crippen molar-refractivity contribution in [3.05, 3.63) is 35.6 Å². The summed E-state index contributed by atoms with van der Waals surface area (Å²) in [6, 6.07) is 6.19. The molecule has 2 heterocycles. The van der Waals surface area contributed by atoms with Crippen LogP contribution in [0.1, 0.15) is 11.1 Å². The van der Waals surface area contributed by atoms with Crippen molar-refractivity contribution in [2.45, 2.75) is 13.3 Å². The highest BCUT2D eigenvalue weighted by Gasteiger charge is 2.10. The topological polar surface area (TPSA) is 37.5 Å². The lowest BCUT2D eigenvalue weighted by Crippen LogP contribution is -2.20. The summed E-state index contributed by atoms with van der Waals surface area (Å²) in [5, 5.41) is 4.51. The zero-order valence-corrected chi connectivity index (χ0v) is 9.29. The minimum atomic E-state index is 0.896. The molecule has 1 aliphatic rings. The molecule has 1 aromatic heterocycles. The van der Waals surface area contributed by atoms with Gasteiger partial charge >= 0.3 is 0 Å². The molecule has 0 unspecified atom stereocenters. The van der Waals surface area contributed by atoms with Gasteiger partial charge in [-0.05, 0) is 30.2 Å². The first kappa shape index (κ1) is 9.46. The number of fused-ring (bicyclic) bond motifs is 1. The van der Waals surface area contributed by atoms with Crippen LogP contribution in [0, 0.1) is 6.92 Å². The first-order valence-electron chi connectivity index (χ1n) is 5.57. The molecule has 3 heteroatoms. The van der Waals surface area contributed by atoms with E-state index in [-0.39, 0.29) is 0 Å². The van der Waals surface area contributed by atoms with Crippen molar-refractivity contribution in [2.24, 2.45) is 4.99 Å². The molecule has 16 heavy (non-hydrogen) atoms. The van der Waals surface area contributed by atoms with E-state index in [0.717, 1.165) is 30.9 Å². The first-order valence-corrected chi connectivity index (χ1v) is 5.57. The molecule has 1 aromatic carbocycles. The van der Waals surface area contributed by atoms with Gasteiger partial charge in [0.1, 0.15) is 11.4 Å². The predicted molar refractivity (Wildman–Crippen MR) is 65.0 cm³/mol. The standard InChI is InChI=1S/C13H14N2O/c1-9-10(8-13-14-5-6-15-13)2-3-12-11(9)4-7-16-12/h2-4,7H,5-6,8H2,1H3,(H,14,15). The zero-order chi connectivity index (χ0) is 11.0. The highest BCUT2D eigenvalue weighted by Crippen LogP contribution is 2.23. The van der Waals surface area contributed by atoms with Crippen LogP contribution in [0.5, 0.6) is 0 Å². The molecule has 1 N–H and O–H groups in total. The summed E-state index contributed by atoms with van der Waals surface area (Å²) in [6.45, 7) is 4.02. The lowest BCUT2D eigenvalue weighted by molar-refractivity contribution is 0.615. The number of nitrogens with one attached hydrogen (secondary N) is 1. The Morgan fingerprint density at radius 1 is 1.38 bits per heavy atom. The number of hydrogen-bond acceptors (Lipinski definition) is 3. The molecule has 0 fully saturated rings. The maximum Gasteiger partial charge on any atom is 0.134 e. The Hall–Kier alpha value is -1.77. The average Bonchev–Trinajstić information content (AvgIpc) is 2.93. The minimum absolute atomic E-state index is 0.896. The number of benzene rings is 1. The summed E-state index contributed by atoms with van der Waals surface area (Å²) >= 11 is 0. The fourth-order valence-electron chi connectivity index (χ4n) is 2.17. The number of aryl methyl sites for hydroxylation is 1. The summed E-state index contributed by atoms with van der Waals surface area (Å²) in [5.74, 6) is 1.10. The van der Waals surface area contributed by atoms with Crippen molar-refractivity contribution in [3.8, 4) is 0 Å². The lowest BCUT2D eigenvalue weighted by Gasteiger charge is -2.07. The largest absolute Gasteiger partial charge is 0.464 e. The smallest absolute Gasteiger partial charge is 0.134 e. The molecule has 0 radical (unpaired) electrons. The second-order valence-electron chi connectivity index (χ2n) is 4.11. The highest BCUT2D eigenvalue weighted by atomic mass is 16.3. The molecule has 0 atom stereocenters. The van der Waals surface area contributed by atoms with Gasteiger partial charge in [-0.15, -0.1) is 0 Å². The summed E-state index contributed by atoms with van der Waals surface area (Å²) in [4.78, 5) is 4.42. The van der Waals surface area contributed by atoms with Crippen LogP contribution in [0.3, 0.4) is 0 Å². The molecule has 3 rings (SSSR count). The van der Waals surface area contributed by atoms with E-state index in [9.17, 15) is 0 Å². The average molecular weight is 214 g/mol. The number of amidine groups is 1. The Kier molecular flexibility index (Phi) is 2.17. The van der Waals surface area contributed by atoms with Crippen LogP contribution in [0.4, 0.5) is 0 Å². The monoisotopic (exact) mass is 214 g/mol. The van der Waals surface area contributed by atoms with Crippen LogP contribution >= 0.6 is 0 Å². The number of rotatable bonds is 2. The van der Waals surface area contributed by atoms with Gasteiger partial charge in [-0.2, -0.15) is 0 Å². The van der Waals surface area contributed by atoms with Crippen molar-refractivity contribution in [1.82, 2.24) is 5.32 Å². The van der Waals surface area contributed by atoms with Crippen LogP contribution in [0.2, 0.25) is 0 Å². The van der Waals surface area contributed by atoms with E-state index in [2.05, 4.69) is 23.3 Å². The quantitative estimate of drug-likeness (QED) is 0.832. The van der Waals surface area contributed by atoms with E-state index in [1.54, 1.807) is 6.26 Å². The van der Waals surface area contributed by atoms with Gasteiger partial charge in [0.15, 0.2) is 0 Å². The molecule has 2 aromatic rings. The Labute approximate surface area is 94.2 Å². The molecule has 1 aliphatic heterocycles. The van der Waals surface area contributed by atoms with Crippen molar-refractivity contribution < 1.29 is 4.42 Å². The van der Waals surface area contributed by atoms with E-state index in [1.165, 1.54) is 16.5 Å². The van der Waals surface area contributed by atoms with E-state index in [1.807, 2.05) is 12.1 Å². The third-order valence-corrected chi connectivity index (χ3v) is 3.12. The molecule has 0 bridgehead atoms. The van der Waals surface area contributed by atoms with Crippen molar-refractivity contribution in [3.63, 3.8) is 0 Å². The van der Waals surface area contributed by atoms with Gasteiger partial charge in [0.25, 0.3) is 0 Å². The third kappa shape index (κ3) is 1.48. The van der Waals surface area contributed by atoms with E-state index in [4.69, 9.17) is 4.42 Å². The highest BCUT2D eigenvalue weighted by molar-refractivity contribution is 5.88. The summed E-state index contributed by atoms with van der Waals surface area (Å²) < 4.78 is 5.38. The molecule has 0 saturated heterocycles. The van der Waals surface area contributed by atoms with E-state index in [0.29, 0.717) is 0 Å². The molecule has 3 nitrogen and oxygen atoms in total. The maximum atomic E-state index is 5.38. The van der Waals surface area contributed by atoms with Crippen molar-refractivity contribution in [2.75, 3.05) is 13.1 Å². The van der Waals surface area contributed by atoms with Gasteiger partial charge in [0.2, 0.25) is 0 Å². The fourth-order valence-corrected chi connectivity index (χ4v) is 2.17. The number of aliphatic imine (C=N–C) groups is 1. The molecular formula is C13H14N2O. The van der Waals surface area contributed by atoms with Gasteiger partial charge in [0.05, 0.1) is 12.8 Å². The Morgan fingerprint density at radius 3 is 3.12 bits per heavy atom. The fraction of sp³-hybridized carbons (Fsp3) is 0.308. The number of furan rings is 1. The van der Waals surface area contributed by atoms with E-state index < -0.39 is 0 Å². The summed E-state index contributed by atoms with van der Waals surface area (Å²) in [7, 11) is 0. The van der Waals surface area contributed by atoms with Crippen LogP contribution in [-0.4, -0.2) is 18.9 Å². The maximum absolute atomic E-state index is 5.38. The minimum Gasteiger partial charge on any atom is -0.464 e.